The Morgan fingerprint density at radius 1 is 0.467 bits per heavy atom. The van der Waals surface area contributed by atoms with Crippen LogP contribution in [0.2, 0.25) is 0 Å². The summed E-state index contributed by atoms with van der Waals surface area (Å²) in [6.45, 7) is 0. The maximum absolute atomic E-state index is 14.1. The fourth-order valence-electron chi connectivity index (χ4n) is 4.28. The summed E-state index contributed by atoms with van der Waals surface area (Å²) in [5.41, 5.74) is 3.78. The molecule has 0 unspecified atom stereocenters. The Hall–Kier alpha value is -3.45. The summed E-state index contributed by atoms with van der Waals surface area (Å²) in [6, 6.07) is 40.9. The standard InChI is InChI=1S/C29H26O/c30-28(27-19-11-4-12-20-27)29(21-24-13-5-1-6-14-24,22-25-15-7-2-8-16-25)23-26-17-9-3-10-18-26/h1-20H,21-23H2. The summed E-state index contributed by atoms with van der Waals surface area (Å²) in [6.07, 6.45) is 2.10. The monoisotopic (exact) mass is 390 g/mol. The number of Topliss-reactive ketones (excluding diaryl/α,β-unsaturated/α-hetero) is 1. The third-order valence-corrected chi connectivity index (χ3v) is 5.67. The zero-order valence-electron chi connectivity index (χ0n) is 17.1. The van der Waals surface area contributed by atoms with Crippen LogP contribution in [0.5, 0.6) is 0 Å². The summed E-state index contributed by atoms with van der Waals surface area (Å²) >= 11 is 0. The van der Waals surface area contributed by atoms with Crippen LogP contribution in [-0.2, 0) is 19.3 Å². The molecule has 148 valence electrons. The van der Waals surface area contributed by atoms with Crippen LogP contribution in [-0.4, -0.2) is 5.78 Å². The van der Waals surface area contributed by atoms with Crippen LogP contribution in [0.15, 0.2) is 121 Å². The second kappa shape index (κ2) is 9.37. The molecule has 0 atom stereocenters. The van der Waals surface area contributed by atoms with Crippen LogP contribution in [0.1, 0.15) is 27.0 Å². The summed E-state index contributed by atoms with van der Waals surface area (Å²) in [4.78, 5) is 14.1. The zero-order valence-corrected chi connectivity index (χ0v) is 17.1. The van der Waals surface area contributed by atoms with Crippen molar-refractivity contribution in [3.8, 4) is 0 Å². The van der Waals surface area contributed by atoms with Gasteiger partial charge in [0, 0.05) is 11.0 Å². The number of rotatable bonds is 8. The highest BCUT2D eigenvalue weighted by Crippen LogP contribution is 2.36. The summed E-state index contributed by atoms with van der Waals surface area (Å²) in [7, 11) is 0. The molecular weight excluding hydrogens is 364 g/mol. The largest absolute Gasteiger partial charge is 0.294 e. The average Bonchev–Trinajstić information content (AvgIpc) is 2.81. The quantitative estimate of drug-likeness (QED) is 0.310. The summed E-state index contributed by atoms with van der Waals surface area (Å²) in [5.74, 6) is 0.208. The molecule has 0 fully saturated rings. The molecule has 0 aliphatic rings. The van der Waals surface area contributed by atoms with E-state index < -0.39 is 5.41 Å². The molecule has 30 heavy (non-hydrogen) atoms. The highest BCUT2D eigenvalue weighted by atomic mass is 16.1. The molecular formula is C29H26O. The van der Waals surface area contributed by atoms with Gasteiger partial charge in [0.15, 0.2) is 5.78 Å². The van der Waals surface area contributed by atoms with E-state index in [1.165, 1.54) is 16.7 Å². The van der Waals surface area contributed by atoms with E-state index in [4.69, 9.17) is 0 Å². The van der Waals surface area contributed by atoms with Crippen molar-refractivity contribution in [2.75, 3.05) is 0 Å². The smallest absolute Gasteiger partial charge is 0.169 e. The second-order valence-corrected chi connectivity index (χ2v) is 7.96. The first kappa shape index (κ1) is 19.8. The van der Waals surface area contributed by atoms with E-state index >= 15 is 0 Å². The molecule has 0 radical (unpaired) electrons. The molecule has 1 nitrogen and oxygen atoms in total. The third kappa shape index (κ3) is 4.75. The number of ketones is 1. The van der Waals surface area contributed by atoms with Crippen molar-refractivity contribution in [3.05, 3.63) is 144 Å². The van der Waals surface area contributed by atoms with Crippen molar-refractivity contribution >= 4 is 5.78 Å². The SMILES string of the molecule is O=C(c1ccccc1)C(Cc1ccccc1)(Cc1ccccc1)Cc1ccccc1. The van der Waals surface area contributed by atoms with Crippen LogP contribution in [0.25, 0.3) is 0 Å². The minimum absolute atomic E-state index is 0.208. The molecule has 1 heteroatoms. The highest BCUT2D eigenvalue weighted by molar-refractivity contribution is 6.01. The molecule has 0 spiro atoms. The molecule has 0 bridgehead atoms. The first-order chi connectivity index (χ1) is 14.8. The Balaban J connectivity index is 1.82. The highest BCUT2D eigenvalue weighted by Gasteiger charge is 2.39. The molecule has 0 saturated carbocycles. The molecule has 0 heterocycles. The number of carbonyl (C=O) groups excluding carboxylic acids is 1. The first-order valence-corrected chi connectivity index (χ1v) is 10.5. The Morgan fingerprint density at radius 2 is 0.767 bits per heavy atom. The normalized spacial score (nSPS) is 11.2. The molecule has 0 saturated heterocycles. The third-order valence-electron chi connectivity index (χ3n) is 5.67. The summed E-state index contributed by atoms with van der Waals surface area (Å²) in [5, 5.41) is 0. The number of carbonyl (C=O) groups is 1. The second-order valence-electron chi connectivity index (χ2n) is 7.96. The van der Waals surface area contributed by atoms with Gasteiger partial charge < -0.3 is 0 Å². The molecule has 0 aliphatic heterocycles. The van der Waals surface area contributed by atoms with E-state index in [1.807, 2.05) is 48.5 Å². The lowest BCUT2D eigenvalue weighted by Crippen LogP contribution is -2.38. The van der Waals surface area contributed by atoms with E-state index in [-0.39, 0.29) is 5.78 Å². The van der Waals surface area contributed by atoms with E-state index in [9.17, 15) is 4.79 Å². The summed E-state index contributed by atoms with van der Waals surface area (Å²) < 4.78 is 0. The van der Waals surface area contributed by atoms with Gasteiger partial charge in [-0.25, -0.2) is 0 Å². The molecule has 0 aromatic heterocycles. The van der Waals surface area contributed by atoms with Gasteiger partial charge in [0.05, 0.1) is 0 Å². The molecule has 0 amide bonds. The Bertz CT molecular complexity index is 953. The minimum atomic E-state index is -0.564. The predicted molar refractivity (Wildman–Crippen MR) is 124 cm³/mol. The number of hydrogen-bond acceptors (Lipinski definition) is 1. The molecule has 4 rings (SSSR count). The average molecular weight is 391 g/mol. The minimum Gasteiger partial charge on any atom is -0.294 e. The zero-order chi connectivity index (χ0) is 20.7. The van der Waals surface area contributed by atoms with Gasteiger partial charge in [0.1, 0.15) is 0 Å². The van der Waals surface area contributed by atoms with Crippen LogP contribution in [0.3, 0.4) is 0 Å². The van der Waals surface area contributed by atoms with Gasteiger partial charge in [0.25, 0.3) is 0 Å². The van der Waals surface area contributed by atoms with Crippen molar-refractivity contribution < 1.29 is 4.79 Å². The maximum Gasteiger partial charge on any atom is 0.169 e. The molecule has 0 aliphatic carbocycles. The van der Waals surface area contributed by atoms with Gasteiger partial charge in [-0.1, -0.05) is 121 Å². The van der Waals surface area contributed by atoms with Crippen LogP contribution < -0.4 is 0 Å². The molecule has 4 aromatic rings. The van der Waals surface area contributed by atoms with Crippen molar-refractivity contribution in [3.63, 3.8) is 0 Å². The molecule has 4 aromatic carbocycles. The van der Waals surface area contributed by atoms with E-state index in [0.29, 0.717) is 19.3 Å². The van der Waals surface area contributed by atoms with E-state index in [2.05, 4.69) is 72.8 Å². The fourth-order valence-corrected chi connectivity index (χ4v) is 4.28. The van der Waals surface area contributed by atoms with Crippen molar-refractivity contribution in [1.82, 2.24) is 0 Å². The van der Waals surface area contributed by atoms with Gasteiger partial charge >= 0.3 is 0 Å². The van der Waals surface area contributed by atoms with Gasteiger partial charge in [-0.2, -0.15) is 0 Å². The van der Waals surface area contributed by atoms with Crippen LogP contribution in [0, 0.1) is 5.41 Å². The maximum atomic E-state index is 14.1. The van der Waals surface area contributed by atoms with Crippen LogP contribution in [0.4, 0.5) is 0 Å². The Labute approximate surface area is 179 Å². The van der Waals surface area contributed by atoms with Crippen molar-refractivity contribution in [2.45, 2.75) is 19.3 Å². The van der Waals surface area contributed by atoms with Gasteiger partial charge in [-0.15, -0.1) is 0 Å². The molecule has 0 N–H and O–H groups in total. The van der Waals surface area contributed by atoms with Gasteiger partial charge in [-0.05, 0) is 36.0 Å². The van der Waals surface area contributed by atoms with Gasteiger partial charge in [-0.3, -0.25) is 4.79 Å². The topological polar surface area (TPSA) is 17.1 Å². The lowest BCUT2D eigenvalue weighted by Gasteiger charge is -2.33. The number of benzene rings is 4. The Kier molecular flexibility index (Phi) is 6.20. The fraction of sp³-hybridized carbons (Fsp3) is 0.138. The lowest BCUT2D eigenvalue weighted by atomic mass is 9.68. The Morgan fingerprint density at radius 3 is 1.10 bits per heavy atom. The van der Waals surface area contributed by atoms with Gasteiger partial charge in [0.2, 0.25) is 0 Å². The first-order valence-electron chi connectivity index (χ1n) is 10.5. The predicted octanol–water partition coefficient (Wildman–Crippen LogP) is 6.58. The lowest BCUT2D eigenvalue weighted by molar-refractivity contribution is 0.0786. The number of hydrogen-bond donors (Lipinski definition) is 0. The van der Waals surface area contributed by atoms with Crippen LogP contribution >= 0.6 is 0 Å². The van der Waals surface area contributed by atoms with Crippen molar-refractivity contribution in [1.29, 1.82) is 0 Å². The van der Waals surface area contributed by atoms with Crippen molar-refractivity contribution in [2.24, 2.45) is 5.41 Å². The van der Waals surface area contributed by atoms with E-state index in [0.717, 1.165) is 5.56 Å². The van der Waals surface area contributed by atoms with E-state index in [1.54, 1.807) is 0 Å².